The molecule has 5 rings (SSSR count). The molecule has 246 valence electrons. The average molecular weight is 677 g/mol. The lowest BCUT2D eigenvalue weighted by Crippen LogP contribution is -2.60. The Labute approximate surface area is 256 Å². The Bertz CT molecular complexity index is 1710. The maximum Gasteiger partial charge on any atom is 0.573 e. The number of aromatic nitrogens is 2. The second kappa shape index (κ2) is 12.5. The molecule has 0 radical (unpaired) electrons. The Morgan fingerprint density at radius 3 is 2.20 bits per heavy atom. The zero-order valence-corrected chi connectivity index (χ0v) is 23.9. The molecule has 13 nitrogen and oxygen atoms in total. The summed E-state index contributed by atoms with van der Waals surface area (Å²) >= 11 is 0. The predicted octanol–water partition coefficient (Wildman–Crippen LogP) is 3.53. The van der Waals surface area contributed by atoms with Crippen LogP contribution in [0.3, 0.4) is 0 Å². The number of ether oxygens (including phenoxy) is 3. The highest BCUT2D eigenvalue weighted by molar-refractivity contribution is 7.89. The highest BCUT2D eigenvalue weighted by atomic mass is 32.2. The van der Waals surface area contributed by atoms with E-state index in [1.807, 2.05) is 0 Å². The van der Waals surface area contributed by atoms with Gasteiger partial charge in [0.2, 0.25) is 15.9 Å². The molecule has 2 aliphatic rings. The van der Waals surface area contributed by atoms with E-state index in [1.54, 1.807) is 4.90 Å². The third-order valence-electron chi connectivity index (χ3n) is 6.64. The summed E-state index contributed by atoms with van der Waals surface area (Å²) in [6.07, 6.45) is -9.30. The summed E-state index contributed by atoms with van der Waals surface area (Å²) in [5.74, 6) is -1.62. The third-order valence-corrected chi connectivity index (χ3v) is 8.56. The minimum absolute atomic E-state index is 0.00312. The second-order valence-electron chi connectivity index (χ2n) is 9.73. The van der Waals surface area contributed by atoms with Crippen LogP contribution >= 0.6 is 0 Å². The van der Waals surface area contributed by atoms with Gasteiger partial charge in [0.1, 0.15) is 35.7 Å². The molecule has 0 bridgehead atoms. The normalized spacial score (nSPS) is 17.4. The van der Waals surface area contributed by atoms with Crippen molar-refractivity contribution in [3.63, 3.8) is 0 Å². The van der Waals surface area contributed by atoms with Crippen LogP contribution in [0.25, 0.3) is 0 Å². The van der Waals surface area contributed by atoms with Crippen molar-refractivity contribution in [3.8, 4) is 11.5 Å². The van der Waals surface area contributed by atoms with Crippen molar-refractivity contribution < 1.29 is 58.6 Å². The topological polar surface area (TPSA) is 152 Å². The van der Waals surface area contributed by atoms with Crippen LogP contribution in [0.2, 0.25) is 0 Å². The SMILES string of the molecule is O=C1Nc2nc(N3CCN(S(=O)(=O)c4ccc(OC(F)(F)F)cc4)[C@@H](C(=O)NCc4ccc(OC(F)(F)F)cc4)C3)cnc2CO1. The maximum absolute atomic E-state index is 13.7. The van der Waals surface area contributed by atoms with Crippen LogP contribution < -0.4 is 25.0 Å². The van der Waals surface area contributed by atoms with Gasteiger partial charge in [-0.3, -0.25) is 10.1 Å². The molecule has 2 amide bonds. The molecule has 2 N–H and O–H groups in total. The van der Waals surface area contributed by atoms with Crippen molar-refractivity contribution in [3.05, 3.63) is 66.0 Å². The van der Waals surface area contributed by atoms with Gasteiger partial charge in [-0.05, 0) is 42.0 Å². The fourth-order valence-electron chi connectivity index (χ4n) is 4.57. The van der Waals surface area contributed by atoms with E-state index < -0.39 is 57.2 Å². The number of alkyl halides is 6. The van der Waals surface area contributed by atoms with Crippen LogP contribution in [-0.2, 0) is 32.7 Å². The van der Waals surface area contributed by atoms with Gasteiger partial charge in [-0.25, -0.2) is 23.2 Å². The van der Waals surface area contributed by atoms with Crippen LogP contribution in [0.1, 0.15) is 11.3 Å². The van der Waals surface area contributed by atoms with Gasteiger partial charge in [0.15, 0.2) is 5.82 Å². The molecule has 46 heavy (non-hydrogen) atoms. The van der Waals surface area contributed by atoms with Crippen LogP contribution in [0, 0.1) is 0 Å². The number of nitrogens with zero attached hydrogens (tertiary/aromatic N) is 4. The number of carbonyl (C=O) groups excluding carboxylic acids is 2. The van der Waals surface area contributed by atoms with Crippen molar-refractivity contribution in [1.82, 2.24) is 19.6 Å². The van der Waals surface area contributed by atoms with E-state index >= 15 is 0 Å². The molecule has 1 fully saturated rings. The Hall–Kier alpha value is -4.85. The number of halogens is 6. The molecule has 0 saturated carbocycles. The maximum atomic E-state index is 13.7. The zero-order chi connectivity index (χ0) is 33.3. The number of benzene rings is 2. The number of amides is 2. The highest BCUT2D eigenvalue weighted by Gasteiger charge is 2.41. The Morgan fingerprint density at radius 1 is 0.978 bits per heavy atom. The van der Waals surface area contributed by atoms with E-state index in [0.29, 0.717) is 11.3 Å². The number of fused-ring (bicyclic) bond motifs is 1. The highest BCUT2D eigenvalue weighted by Crippen LogP contribution is 2.29. The first-order valence-corrected chi connectivity index (χ1v) is 14.6. The van der Waals surface area contributed by atoms with Crippen LogP contribution in [0.5, 0.6) is 11.5 Å². The van der Waals surface area contributed by atoms with Crippen molar-refractivity contribution in [1.29, 1.82) is 0 Å². The van der Waals surface area contributed by atoms with Gasteiger partial charge < -0.3 is 24.4 Å². The molecule has 20 heteroatoms. The number of nitrogens with one attached hydrogen (secondary N) is 2. The second-order valence-corrected chi connectivity index (χ2v) is 11.6. The van der Waals surface area contributed by atoms with Crippen molar-refractivity contribution >= 4 is 33.7 Å². The zero-order valence-electron chi connectivity index (χ0n) is 23.1. The fraction of sp³-hybridized carbons (Fsp3) is 0.308. The molecule has 0 unspecified atom stereocenters. The monoisotopic (exact) mass is 676 g/mol. The van der Waals surface area contributed by atoms with E-state index in [2.05, 4.69) is 30.1 Å². The smallest absolute Gasteiger partial charge is 0.443 e. The molecule has 0 spiro atoms. The van der Waals surface area contributed by atoms with Gasteiger partial charge >= 0.3 is 18.8 Å². The minimum atomic E-state index is -5.00. The van der Waals surface area contributed by atoms with E-state index in [1.165, 1.54) is 18.3 Å². The summed E-state index contributed by atoms with van der Waals surface area (Å²) in [4.78, 5) is 34.8. The number of hydrogen-bond donors (Lipinski definition) is 2. The predicted molar refractivity (Wildman–Crippen MR) is 144 cm³/mol. The minimum Gasteiger partial charge on any atom is -0.443 e. The summed E-state index contributed by atoms with van der Waals surface area (Å²) in [5, 5.41) is 4.97. The van der Waals surface area contributed by atoms with Crippen molar-refractivity contribution in [2.24, 2.45) is 0 Å². The standard InChI is InChI=1S/C26H22F6N6O7S/c27-25(28,29)44-16-3-1-15(2-4-16)11-34-23(39)20-13-37(21-12-33-19-14-43-24(40)36-22(19)35-21)9-10-38(20)46(41,42)18-7-5-17(6-8-18)45-26(30,31)32/h1-8,12,20H,9-11,13-14H2,(H,34,39)(H,35,36,40)/t20-/m1/s1. The van der Waals surface area contributed by atoms with Gasteiger partial charge in [-0.15, -0.1) is 26.3 Å². The van der Waals surface area contributed by atoms with Crippen LogP contribution in [-0.4, -0.2) is 73.1 Å². The molecule has 3 heterocycles. The number of hydrogen-bond acceptors (Lipinski definition) is 10. The van der Waals surface area contributed by atoms with E-state index in [0.717, 1.165) is 40.7 Å². The lowest BCUT2D eigenvalue weighted by atomic mass is 10.1. The first kappa shape index (κ1) is 32.5. The lowest BCUT2D eigenvalue weighted by molar-refractivity contribution is -0.275. The average Bonchev–Trinajstić information content (AvgIpc) is 2.98. The summed E-state index contributed by atoms with van der Waals surface area (Å²) < 4.78 is 116. The fourth-order valence-corrected chi connectivity index (χ4v) is 6.14. The van der Waals surface area contributed by atoms with E-state index in [9.17, 15) is 44.3 Å². The summed E-state index contributed by atoms with van der Waals surface area (Å²) in [6, 6.07) is 6.65. The number of cyclic esters (lactones) is 1. The summed E-state index contributed by atoms with van der Waals surface area (Å²) in [6.45, 7) is -0.877. The number of rotatable bonds is 8. The van der Waals surface area contributed by atoms with E-state index in [4.69, 9.17) is 4.74 Å². The first-order chi connectivity index (χ1) is 21.6. The van der Waals surface area contributed by atoms with Crippen molar-refractivity contribution in [2.75, 3.05) is 29.9 Å². The molecule has 3 aromatic rings. The van der Waals surface area contributed by atoms with Gasteiger partial charge in [0, 0.05) is 26.2 Å². The number of carbonyl (C=O) groups is 2. The largest absolute Gasteiger partial charge is 0.573 e. The van der Waals surface area contributed by atoms with Gasteiger partial charge in [-0.1, -0.05) is 12.1 Å². The van der Waals surface area contributed by atoms with Gasteiger partial charge in [-0.2, -0.15) is 4.31 Å². The summed E-state index contributed by atoms with van der Waals surface area (Å²) in [7, 11) is -4.47. The molecule has 2 aromatic carbocycles. The number of sulfonamides is 1. The molecule has 1 aromatic heterocycles. The summed E-state index contributed by atoms with van der Waals surface area (Å²) in [5.41, 5.74) is 0.701. The molecule has 1 saturated heterocycles. The first-order valence-electron chi connectivity index (χ1n) is 13.1. The molecular weight excluding hydrogens is 654 g/mol. The molecule has 0 aliphatic carbocycles. The van der Waals surface area contributed by atoms with Crippen molar-refractivity contribution in [2.45, 2.75) is 36.8 Å². The molecule has 2 aliphatic heterocycles. The van der Waals surface area contributed by atoms with Gasteiger partial charge in [0.25, 0.3) is 0 Å². The molecule has 1 atom stereocenters. The third kappa shape index (κ3) is 7.86. The van der Waals surface area contributed by atoms with Gasteiger partial charge in [0.05, 0.1) is 11.1 Å². The van der Waals surface area contributed by atoms with Crippen LogP contribution in [0.15, 0.2) is 59.6 Å². The Balaban J connectivity index is 1.38. The Morgan fingerprint density at radius 2 is 1.59 bits per heavy atom. The molecular formula is C26H22F6N6O7S. The van der Waals surface area contributed by atoms with Crippen LogP contribution in [0.4, 0.5) is 42.8 Å². The Kier molecular flexibility index (Phi) is 8.85. The quantitative estimate of drug-likeness (QED) is 0.339. The van der Waals surface area contributed by atoms with E-state index in [-0.39, 0.29) is 44.4 Å². The lowest BCUT2D eigenvalue weighted by Gasteiger charge is -2.40. The number of anilines is 2. The number of piperazine rings is 1.